The SMILES string of the molecule is NCCCCC(NC(=O)C(CC(N)=O)NC(=O)C(Cc1c[nH]c2ccccc12)NC(=O)C(N)CCCN=C(N)N)C(=O)O. The number of rotatable bonds is 19. The lowest BCUT2D eigenvalue weighted by Gasteiger charge is -2.25. The fourth-order valence-corrected chi connectivity index (χ4v) is 4.36. The van der Waals surface area contributed by atoms with Gasteiger partial charge in [0.2, 0.25) is 23.6 Å². The summed E-state index contributed by atoms with van der Waals surface area (Å²) in [5.41, 5.74) is 29.0. The Morgan fingerprint density at radius 2 is 1.51 bits per heavy atom. The zero-order valence-corrected chi connectivity index (χ0v) is 23.9. The van der Waals surface area contributed by atoms with Crippen molar-refractivity contribution in [2.45, 2.75) is 69.1 Å². The van der Waals surface area contributed by atoms with E-state index >= 15 is 0 Å². The number of benzene rings is 1. The second-order valence-corrected chi connectivity index (χ2v) is 10.1. The third-order valence-corrected chi connectivity index (χ3v) is 6.64. The molecule has 1 aromatic carbocycles. The zero-order valence-electron chi connectivity index (χ0n) is 23.9. The minimum atomic E-state index is -1.50. The molecule has 0 radical (unpaired) electrons. The summed E-state index contributed by atoms with van der Waals surface area (Å²) >= 11 is 0. The Hall–Kier alpha value is -4.70. The fraction of sp³-hybridized carbons (Fsp3) is 0.481. The lowest BCUT2D eigenvalue weighted by molar-refractivity contribution is -0.142. The van der Waals surface area contributed by atoms with E-state index in [1.54, 1.807) is 6.20 Å². The molecule has 0 spiro atoms. The van der Waals surface area contributed by atoms with E-state index in [1.165, 1.54) is 0 Å². The van der Waals surface area contributed by atoms with Crippen molar-refractivity contribution in [2.75, 3.05) is 13.1 Å². The van der Waals surface area contributed by atoms with Gasteiger partial charge in [-0.2, -0.15) is 0 Å². The van der Waals surface area contributed by atoms with Crippen LogP contribution in [-0.4, -0.2) is 82.9 Å². The molecule has 0 fully saturated rings. The van der Waals surface area contributed by atoms with Crippen molar-refractivity contribution in [3.8, 4) is 0 Å². The number of guanidine groups is 1. The van der Waals surface area contributed by atoms with Crippen molar-refractivity contribution >= 4 is 46.5 Å². The maximum atomic E-state index is 13.5. The van der Waals surface area contributed by atoms with Crippen LogP contribution in [0.1, 0.15) is 44.1 Å². The highest BCUT2D eigenvalue weighted by Gasteiger charge is 2.31. The molecule has 0 aliphatic carbocycles. The van der Waals surface area contributed by atoms with E-state index in [2.05, 4.69) is 25.9 Å². The number of primary amides is 1. The van der Waals surface area contributed by atoms with Crippen molar-refractivity contribution in [1.29, 1.82) is 0 Å². The normalized spacial score (nSPS) is 13.7. The Labute approximate surface area is 248 Å². The first kappa shape index (κ1) is 34.5. The zero-order chi connectivity index (χ0) is 31.9. The number of nitrogens with two attached hydrogens (primary N) is 5. The Bertz CT molecular complexity index is 1290. The Morgan fingerprint density at radius 1 is 0.860 bits per heavy atom. The van der Waals surface area contributed by atoms with E-state index in [4.69, 9.17) is 28.7 Å². The van der Waals surface area contributed by atoms with E-state index in [1.807, 2.05) is 24.3 Å². The van der Waals surface area contributed by atoms with Gasteiger partial charge >= 0.3 is 5.97 Å². The summed E-state index contributed by atoms with van der Waals surface area (Å²) in [4.78, 5) is 70.0. The monoisotopic (exact) mass is 602 g/mol. The van der Waals surface area contributed by atoms with Crippen LogP contribution >= 0.6 is 0 Å². The molecule has 4 unspecified atom stereocenters. The number of carboxylic acids is 1. The number of unbranched alkanes of at least 4 members (excludes halogenated alkanes) is 1. The molecule has 4 atom stereocenters. The van der Waals surface area contributed by atoms with Gasteiger partial charge in [0.15, 0.2) is 5.96 Å². The summed E-state index contributed by atoms with van der Waals surface area (Å²) in [7, 11) is 0. The molecule has 16 heteroatoms. The summed E-state index contributed by atoms with van der Waals surface area (Å²) in [5.74, 6) is -4.63. The largest absolute Gasteiger partial charge is 0.480 e. The fourth-order valence-electron chi connectivity index (χ4n) is 4.36. The third-order valence-electron chi connectivity index (χ3n) is 6.64. The van der Waals surface area contributed by atoms with Crippen LogP contribution in [0.15, 0.2) is 35.5 Å². The van der Waals surface area contributed by atoms with Crippen LogP contribution in [0.3, 0.4) is 0 Å². The molecule has 43 heavy (non-hydrogen) atoms. The van der Waals surface area contributed by atoms with E-state index in [0.717, 1.165) is 10.9 Å². The number of hydrogen-bond acceptors (Lipinski definition) is 8. The van der Waals surface area contributed by atoms with E-state index < -0.39 is 60.2 Å². The lowest BCUT2D eigenvalue weighted by Crippen LogP contribution is -2.58. The highest BCUT2D eigenvalue weighted by atomic mass is 16.4. The molecule has 2 rings (SSSR count). The van der Waals surface area contributed by atoms with Crippen LogP contribution < -0.4 is 44.6 Å². The van der Waals surface area contributed by atoms with Gasteiger partial charge in [-0.25, -0.2) is 4.79 Å². The summed E-state index contributed by atoms with van der Waals surface area (Å²) in [6.07, 6.45) is 2.79. The predicted molar refractivity (Wildman–Crippen MR) is 160 cm³/mol. The standard InChI is InChI=1S/C27H42N10O6/c28-10-4-3-9-19(26(42)43)35-25(41)21(13-22(30)38)37-24(40)20(12-15-14-34-18-8-2-1-6-16(15)18)36-23(39)17(29)7-5-11-33-27(31)32/h1-2,6,8,14,17,19-21,34H,3-5,7,9-13,28-29H2,(H2,30,38)(H,35,41)(H,36,39)(H,37,40)(H,42,43)(H4,31,32,33). The highest BCUT2D eigenvalue weighted by Crippen LogP contribution is 2.19. The third kappa shape index (κ3) is 11.6. The van der Waals surface area contributed by atoms with Crippen LogP contribution in [0.25, 0.3) is 10.9 Å². The number of H-pyrrole nitrogens is 1. The number of hydrogen-bond donors (Lipinski definition) is 10. The number of aliphatic carboxylic acids is 1. The molecule has 0 saturated heterocycles. The Kier molecular flexibility index (Phi) is 13.9. The topological polar surface area (TPSA) is 300 Å². The number of carbonyl (C=O) groups excluding carboxylic acids is 4. The summed E-state index contributed by atoms with van der Waals surface area (Å²) < 4.78 is 0. The number of aliphatic imine (C=N–C) groups is 1. The van der Waals surface area contributed by atoms with Crippen LogP contribution in [0, 0.1) is 0 Å². The number of aromatic amines is 1. The van der Waals surface area contributed by atoms with Crippen LogP contribution in [0.4, 0.5) is 0 Å². The van der Waals surface area contributed by atoms with Gasteiger partial charge in [-0.05, 0) is 50.3 Å². The first-order chi connectivity index (χ1) is 20.4. The second-order valence-electron chi connectivity index (χ2n) is 10.1. The van der Waals surface area contributed by atoms with Crippen molar-refractivity contribution in [1.82, 2.24) is 20.9 Å². The van der Waals surface area contributed by atoms with E-state index in [0.29, 0.717) is 31.4 Å². The molecule has 0 saturated carbocycles. The van der Waals surface area contributed by atoms with Gasteiger partial charge in [0, 0.05) is 30.1 Å². The summed E-state index contributed by atoms with van der Waals surface area (Å²) in [6.45, 7) is 0.611. The second kappa shape index (κ2) is 17.3. The number of nitrogens with zero attached hydrogens (tertiary/aromatic N) is 1. The van der Waals surface area contributed by atoms with Gasteiger partial charge in [-0.1, -0.05) is 18.2 Å². The molecule has 0 aliphatic rings. The number of para-hydroxylation sites is 1. The maximum absolute atomic E-state index is 13.5. The van der Waals surface area contributed by atoms with Gasteiger partial charge in [0.25, 0.3) is 0 Å². The van der Waals surface area contributed by atoms with Crippen molar-refractivity contribution < 1.29 is 29.1 Å². The average Bonchev–Trinajstić information content (AvgIpc) is 3.36. The van der Waals surface area contributed by atoms with Crippen LogP contribution in [0.5, 0.6) is 0 Å². The average molecular weight is 603 g/mol. The summed E-state index contributed by atoms with van der Waals surface area (Å²) in [5, 5.41) is 17.8. The molecule has 4 amide bonds. The van der Waals surface area contributed by atoms with Gasteiger partial charge in [-0.3, -0.25) is 24.2 Å². The Balaban J connectivity index is 2.25. The highest BCUT2D eigenvalue weighted by molar-refractivity contribution is 5.96. The molecule has 0 aliphatic heterocycles. The summed E-state index contributed by atoms with van der Waals surface area (Å²) in [6, 6.07) is 2.34. The minimum Gasteiger partial charge on any atom is -0.480 e. The van der Waals surface area contributed by atoms with E-state index in [-0.39, 0.29) is 31.8 Å². The van der Waals surface area contributed by atoms with E-state index in [9.17, 15) is 29.1 Å². The Morgan fingerprint density at radius 3 is 2.16 bits per heavy atom. The van der Waals surface area contributed by atoms with Crippen LogP contribution in [0.2, 0.25) is 0 Å². The maximum Gasteiger partial charge on any atom is 0.326 e. The van der Waals surface area contributed by atoms with Crippen molar-refractivity contribution in [3.05, 3.63) is 36.0 Å². The molecular weight excluding hydrogens is 560 g/mol. The van der Waals surface area contributed by atoms with Gasteiger partial charge in [0.1, 0.15) is 18.1 Å². The van der Waals surface area contributed by atoms with Gasteiger partial charge in [-0.15, -0.1) is 0 Å². The first-order valence-corrected chi connectivity index (χ1v) is 13.9. The molecule has 16 nitrogen and oxygen atoms in total. The van der Waals surface area contributed by atoms with Gasteiger partial charge in [0.05, 0.1) is 12.5 Å². The molecule has 2 aromatic rings. The number of nitrogens with one attached hydrogen (secondary N) is 4. The molecule has 1 aromatic heterocycles. The number of fused-ring (bicyclic) bond motifs is 1. The van der Waals surface area contributed by atoms with Crippen LogP contribution in [-0.2, 0) is 30.4 Å². The van der Waals surface area contributed by atoms with Crippen molar-refractivity contribution in [3.63, 3.8) is 0 Å². The van der Waals surface area contributed by atoms with Gasteiger partial charge < -0.3 is 54.7 Å². The smallest absolute Gasteiger partial charge is 0.326 e. The number of amides is 4. The number of aromatic nitrogens is 1. The number of carboxylic acid groups (broad SMARTS) is 1. The minimum absolute atomic E-state index is 0.00403. The van der Waals surface area contributed by atoms with Crippen molar-refractivity contribution in [2.24, 2.45) is 33.7 Å². The predicted octanol–water partition coefficient (Wildman–Crippen LogP) is -2.37. The number of carbonyl (C=O) groups is 5. The quantitative estimate of drug-likeness (QED) is 0.0463. The molecule has 236 valence electrons. The molecular formula is C27H42N10O6. The molecule has 0 bridgehead atoms. The molecule has 15 N–H and O–H groups in total. The molecule has 1 heterocycles. The lowest BCUT2D eigenvalue weighted by atomic mass is 10.0. The first-order valence-electron chi connectivity index (χ1n) is 13.9.